The third-order valence-electron chi connectivity index (χ3n) is 5.21. The summed E-state index contributed by atoms with van der Waals surface area (Å²) in [5.74, 6) is 4.95. The number of carboxylic acid groups (broad SMARTS) is 1. The lowest BCUT2D eigenvalue weighted by molar-refractivity contribution is -0.154. The van der Waals surface area contributed by atoms with E-state index in [1.807, 2.05) is 0 Å². The first-order valence-electron chi connectivity index (χ1n) is 10.6. The second-order valence-corrected chi connectivity index (χ2v) is 10.5. The molecule has 1 atom stereocenters. The van der Waals surface area contributed by atoms with E-state index in [4.69, 9.17) is 14.2 Å². The normalized spacial score (nSPS) is 15.8. The summed E-state index contributed by atoms with van der Waals surface area (Å²) in [6.07, 6.45) is 2.83. The maximum atomic E-state index is 13.2. The van der Waals surface area contributed by atoms with E-state index in [-0.39, 0.29) is 35.7 Å². The number of nitrogens with zero attached hydrogens (tertiary/aromatic N) is 1. The molecule has 0 bridgehead atoms. The quantitative estimate of drug-likeness (QED) is 0.490. The highest BCUT2D eigenvalue weighted by atomic mass is 79.9. The van der Waals surface area contributed by atoms with Gasteiger partial charge in [-0.1, -0.05) is 27.8 Å². The maximum Gasteiger partial charge on any atom is 0.337 e. The number of rotatable bonds is 8. The standard InChI is InChI=1S/C24H26BrNO7S/c1-17-15-18(25)16-21(24(27)28)23(17)26(2)34(29,30)20-10-8-19(9-11-20)31-12-5-6-14-33-22-7-3-4-13-32-22/h8-11,15-16,22H,3-4,7,12-14H2,1-2H3,(H,27,28). The van der Waals surface area contributed by atoms with Gasteiger partial charge in [0.15, 0.2) is 6.29 Å². The summed E-state index contributed by atoms with van der Waals surface area (Å²) in [5, 5.41) is 9.55. The number of aryl methyl sites for hydroxylation is 1. The number of hydrogen-bond donors (Lipinski definition) is 1. The first-order valence-corrected chi connectivity index (χ1v) is 12.9. The number of carbonyl (C=O) groups is 1. The summed E-state index contributed by atoms with van der Waals surface area (Å²) < 4.78 is 44.4. The minimum atomic E-state index is -4.00. The first-order chi connectivity index (χ1) is 16.2. The zero-order valence-corrected chi connectivity index (χ0v) is 21.3. The van der Waals surface area contributed by atoms with Crippen LogP contribution in [0.1, 0.15) is 35.2 Å². The van der Waals surface area contributed by atoms with Gasteiger partial charge in [0.25, 0.3) is 10.0 Å². The van der Waals surface area contributed by atoms with Gasteiger partial charge >= 0.3 is 5.97 Å². The molecule has 10 heteroatoms. The van der Waals surface area contributed by atoms with Crippen molar-refractivity contribution in [2.45, 2.75) is 37.4 Å². The summed E-state index contributed by atoms with van der Waals surface area (Å²) in [4.78, 5) is 11.7. The fourth-order valence-electron chi connectivity index (χ4n) is 3.50. The predicted molar refractivity (Wildman–Crippen MR) is 131 cm³/mol. The molecule has 3 rings (SSSR count). The highest BCUT2D eigenvalue weighted by molar-refractivity contribution is 9.10. The van der Waals surface area contributed by atoms with Crippen LogP contribution in [0.3, 0.4) is 0 Å². The van der Waals surface area contributed by atoms with E-state index in [9.17, 15) is 18.3 Å². The van der Waals surface area contributed by atoms with E-state index in [1.54, 1.807) is 13.0 Å². The minimum absolute atomic E-state index is 0.00738. The molecular weight excluding hydrogens is 526 g/mol. The van der Waals surface area contributed by atoms with Crippen molar-refractivity contribution < 1.29 is 32.5 Å². The molecule has 0 spiro atoms. The topological polar surface area (TPSA) is 102 Å². The molecule has 1 fully saturated rings. The molecule has 1 aliphatic rings. The van der Waals surface area contributed by atoms with Crippen molar-refractivity contribution in [3.63, 3.8) is 0 Å². The molecule has 0 amide bonds. The van der Waals surface area contributed by atoms with E-state index < -0.39 is 16.0 Å². The Morgan fingerprint density at radius 1 is 1.21 bits per heavy atom. The first kappa shape index (κ1) is 26.0. The van der Waals surface area contributed by atoms with E-state index in [1.165, 1.54) is 37.4 Å². The summed E-state index contributed by atoms with van der Waals surface area (Å²) >= 11 is 3.25. The van der Waals surface area contributed by atoms with Crippen molar-refractivity contribution in [2.75, 3.05) is 31.2 Å². The Morgan fingerprint density at radius 2 is 1.91 bits per heavy atom. The monoisotopic (exact) mass is 551 g/mol. The fourth-order valence-corrected chi connectivity index (χ4v) is 5.35. The number of anilines is 1. The smallest absolute Gasteiger partial charge is 0.337 e. The third kappa shape index (κ3) is 6.51. The minimum Gasteiger partial charge on any atom is -0.481 e. The van der Waals surface area contributed by atoms with Gasteiger partial charge in [-0.2, -0.15) is 0 Å². The Bertz CT molecular complexity index is 1180. The Hall–Kier alpha value is -2.58. The summed E-state index contributed by atoms with van der Waals surface area (Å²) in [6, 6.07) is 8.92. The fraction of sp³-hybridized carbons (Fsp3) is 0.375. The molecule has 1 saturated heterocycles. The summed E-state index contributed by atoms with van der Waals surface area (Å²) in [6.45, 7) is 2.75. The molecule has 1 N–H and O–H groups in total. The highest BCUT2D eigenvalue weighted by Gasteiger charge is 2.27. The lowest BCUT2D eigenvalue weighted by atomic mass is 10.1. The van der Waals surface area contributed by atoms with Gasteiger partial charge < -0.3 is 19.3 Å². The Balaban J connectivity index is 1.63. The lowest BCUT2D eigenvalue weighted by Crippen LogP contribution is -2.29. The van der Waals surface area contributed by atoms with Crippen LogP contribution in [0.4, 0.5) is 5.69 Å². The van der Waals surface area contributed by atoms with Crippen molar-refractivity contribution in [1.82, 2.24) is 0 Å². The van der Waals surface area contributed by atoms with Crippen LogP contribution >= 0.6 is 15.9 Å². The number of benzene rings is 2. The van der Waals surface area contributed by atoms with E-state index in [0.29, 0.717) is 22.4 Å². The van der Waals surface area contributed by atoms with Crippen LogP contribution in [-0.2, 0) is 19.5 Å². The van der Waals surface area contributed by atoms with Gasteiger partial charge in [0.2, 0.25) is 0 Å². The van der Waals surface area contributed by atoms with E-state index >= 15 is 0 Å². The highest BCUT2D eigenvalue weighted by Crippen LogP contribution is 2.32. The molecule has 2 aromatic rings. The Morgan fingerprint density at radius 3 is 2.56 bits per heavy atom. The van der Waals surface area contributed by atoms with E-state index in [0.717, 1.165) is 23.6 Å². The molecule has 2 aromatic carbocycles. The second-order valence-electron chi connectivity index (χ2n) is 7.62. The van der Waals surface area contributed by atoms with Crippen molar-refractivity contribution >= 4 is 37.6 Å². The molecule has 34 heavy (non-hydrogen) atoms. The zero-order valence-electron chi connectivity index (χ0n) is 18.9. The molecule has 1 aliphatic heterocycles. The molecule has 182 valence electrons. The van der Waals surface area contributed by atoms with E-state index in [2.05, 4.69) is 27.8 Å². The van der Waals surface area contributed by atoms with Crippen LogP contribution in [0.2, 0.25) is 0 Å². The van der Waals surface area contributed by atoms with Crippen LogP contribution in [0.25, 0.3) is 0 Å². The van der Waals surface area contributed by atoms with Gasteiger partial charge in [-0.15, -0.1) is 0 Å². The van der Waals surface area contributed by atoms with Crippen molar-refractivity contribution in [1.29, 1.82) is 0 Å². The van der Waals surface area contributed by atoms with Gasteiger partial charge in [0.1, 0.15) is 19.0 Å². The number of carboxylic acids is 1. The largest absolute Gasteiger partial charge is 0.481 e. The molecule has 0 aliphatic carbocycles. The van der Waals surface area contributed by atoms with Crippen LogP contribution in [0, 0.1) is 18.8 Å². The van der Waals surface area contributed by atoms with Crippen LogP contribution in [0.15, 0.2) is 45.8 Å². The summed E-state index contributed by atoms with van der Waals surface area (Å²) in [5.41, 5.74) is 0.498. The zero-order chi connectivity index (χ0) is 24.7. The molecule has 0 aromatic heterocycles. The average molecular weight is 552 g/mol. The van der Waals surface area contributed by atoms with Crippen molar-refractivity contribution in [3.8, 4) is 17.6 Å². The van der Waals surface area contributed by atoms with Crippen LogP contribution in [-0.4, -0.2) is 52.7 Å². The number of sulfonamides is 1. The lowest BCUT2D eigenvalue weighted by Gasteiger charge is -2.23. The van der Waals surface area contributed by atoms with Gasteiger partial charge in [0, 0.05) is 18.1 Å². The number of halogens is 1. The summed E-state index contributed by atoms with van der Waals surface area (Å²) in [7, 11) is -2.67. The van der Waals surface area contributed by atoms with Crippen molar-refractivity contribution in [3.05, 3.63) is 52.0 Å². The number of ether oxygens (including phenoxy) is 3. The number of aromatic carboxylic acids is 1. The maximum absolute atomic E-state index is 13.2. The molecule has 1 heterocycles. The van der Waals surface area contributed by atoms with Crippen LogP contribution in [0.5, 0.6) is 5.75 Å². The van der Waals surface area contributed by atoms with Gasteiger partial charge in [0.05, 0.1) is 16.1 Å². The predicted octanol–water partition coefficient (Wildman–Crippen LogP) is 4.21. The molecular formula is C24H26BrNO7S. The van der Waals surface area contributed by atoms with Crippen molar-refractivity contribution in [2.24, 2.45) is 0 Å². The number of hydrogen-bond acceptors (Lipinski definition) is 6. The van der Waals surface area contributed by atoms with Crippen LogP contribution < -0.4 is 9.04 Å². The molecule has 8 nitrogen and oxygen atoms in total. The molecule has 0 radical (unpaired) electrons. The molecule has 0 saturated carbocycles. The third-order valence-corrected chi connectivity index (χ3v) is 7.44. The van der Waals surface area contributed by atoms with Gasteiger partial charge in [-0.05, 0) is 68.1 Å². The average Bonchev–Trinajstić information content (AvgIpc) is 2.81. The van der Waals surface area contributed by atoms with Gasteiger partial charge in [-0.3, -0.25) is 4.31 Å². The Kier molecular flexibility index (Phi) is 8.97. The molecule has 1 unspecified atom stereocenters. The SMILES string of the molecule is Cc1cc(Br)cc(C(=O)O)c1N(C)S(=O)(=O)c1ccc(OCC#CCOC2CCCCO2)cc1. The second kappa shape index (κ2) is 11.7. The van der Waals surface area contributed by atoms with Gasteiger partial charge in [-0.25, -0.2) is 13.2 Å². The Labute approximate surface area is 208 Å².